The van der Waals surface area contributed by atoms with Crippen LogP contribution < -0.4 is 4.90 Å². The molecule has 0 saturated carbocycles. The lowest BCUT2D eigenvalue weighted by atomic mass is 10.2. The number of carbonyl (C=O) groups excluding carboxylic acids is 1. The quantitative estimate of drug-likeness (QED) is 0.876. The third kappa shape index (κ3) is 2.30. The Kier molecular flexibility index (Phi) is 3.83. The second kappa shape index (κ2) is 4.93. The molecule has 0 spiro atoms. The number of aromatic carboxylic acids is 1. The van der Waals surface area contributed by atoms with Crippen LogP contribution in [0.4, 0.5) is 9.80 Å². The van der Waals surface area contributed by atoms with Gasteiger partial charge in [0.05, 0.1) is 12.3 Å². The number of rotatable bonds is 3. The number of carboxylic acids is 1. The van der Waals surface area contributed by atoms with Crippen LogP contribution >= 0.6 is 11.5 Å². The van der Waals surface area contributed by atoms with Gasteiger partial charge in [0.1, 0.15) is 10.6 Å². The predicted octanol–water partition coefficient (Wildman–Crippen LogP) is 1.74. The third-order valence-electron chi connectivity index (χ3n) is 1.90. The first-order valence-electron chi connectivity index (χ1n) is 4.59. The van der Waals surface area contributed by atoms with Crippen molar-refractivity contribution < 1.29 is 19.4 Å². The van der Waals surface area contributed by atoms with E-state index in [4.69, 9.17) is 9.84 Å². The van der Waals surface area contributed by atoms with Gasteiger partial charge in [-0.05, 0) is 25.4 Å². The van der Waals surface area contributed by atoms with Gasteiger partial charge in [-0.1, -0.05) is 0 Å². The van der Waals surface area contributed by atoms with Crippen LogP contribution in [-0.4, -0.2) is 35.2 Å². The Morgan fingerprint density at radius 2 is 2.19 bits per heavy atom. The molecule has 0 aliphatic carbocycles. The molecule has 0 bridgehead atoms. The highest BCUT2D eigenvalue weighted by Gasteiger charge is 2.24. The van der Waals surface area contributed by atoms with Gasteiger partial charge in [0, 0.05) is 7.05 Å². The third-order valence-corrected chi connectivity index (χ3v) is 2.92. The zero-order chi connectivity index (χ0) is 12.3. The van der Waals surface area contributed by atoms with Crippen molar-refractivity contribution in [1.82, 2.24) is 4.37 Å². The monoisotopic (exact) mass is 244 g/mol. The summed E-state index contributed by atoms with van der Waals surface area (Å²) >= 11 is 0.961. The molecule has 88 valence electrons. The van der Waals surface area contributed by atoms with Crippen molar-refractivity contribution in [2.24, 2.45) is 0 Å². The van der Waals surface area contributed by atoms with Gasteiger partial charge in [-0.2, -0.15) is 4.37 Å². The number of carbonyl (C=O) groups is 2. The second-order valence-corrected chi connectivity index (χ2v) is 3.76. The molecule has 0 unspecified atom stereocenters. The lowest BCUT2D eigenvalue weighted by Gasteiger charge is -2.14. The summed E-state index contributed by atoms with van der Waals surface area (Å²) in [6.45, 7) is 3.51. The summed E-state index contributed by atoms with van der Waals surface area (Å²) in [6.07, 6.45) is -0.589. The maximum Gasteiger partial charge on any atom is 0.414 e. The van der Waals surface area contributed by atoms with Crippen molar-refractivity contribution in [2.75, 3.05) is 18.6 Å². The zero-order valence-electron chi connectivity index (χ0n) is 9.18. The number of aromatic nitrogens is 1. The number of nitrogens with zero attached hydrogens (tertiary/aromatic N) is 2. The van der Waals surface area contributed by atoms with Gasteiger partial charge in [0.2, 0.25) is 0 Å². The molecule has 16 heavy (non-hydrogen) atoms. The standard InChI is InChI=1S/C9H12N2O4S/c1-4-15-9(14)11(3)7-6(8(12)13)5(2)10-16-7/h4H2,1-3H3,(H,12,13). The normalized spacial score (nSPS) is 9.94. The molecule has 1 aromatic rings. The van der Waals surface area contributed by atoms with Crippen molar-refractivity contribution in [2.45, 2.75) is 13.8 Å². The van der Waals surface area contributed by atoms with Crippen LogP contribution in [0.15, 0.2) is 0 Å². The molecule has 6 nitrogen and oxygen atoms in total. The molecule has 0 saturated heterocycles. The van der Waals surface area contributed by atoms with E-state index >= 15 is 0 Å². The van der Waals surface area contributed by atoms with Gasteiger partial charge >= 0.3 is 12.1 Å². The Balaban J connectivity index is 3.04. The average molecular weight is 244 g/mol. The molecule has 1 aromatic heterocycles. The Labute approximate surface area is 96.6 Å². The van der Waals surface area contributed by atoms with Crippen LogP contribution in [0.25, 0.3) is 0 Å². The number of ether oxygens (including phenoxy) is 1. The highest BCUT2D eigenvalue weighted by atomic mass is 32.1. The van der Waals surface area contributed by atoms with E-state index in [1.165, 1.54) is 7.05 Å². The second-order valence-electron chi connectivity index (χ2n) is 3.01. The van der Waals surface area contributed by atoms with E-state index in [2.05, 4.69) is 4.37 Å². The van der Waals surface area contributed by atoms with Crippen molar-refractivity contribution >= 4 is 28.6 Å². The molecule has 1 amide bonds. The van der Waals surface area contributed by atoms with Gasteiger partial charge in [-0.3, -0.25) is 4.90 Å². The van der Waals surface area contributed by atoms with Crippen molar-refractivity contribution in [1.29, 1.82) is 0 Å². The fraction of sp³-hybridized carbons (Fsp3) is 0.444. The van der Waals surface area contributed by atoms with E-state index in [0.717, 1.165) is 16.4 Å². The first-order chi connectivity index (χ1) is 7.49. The summed E-state index contributed by atoms with van der Waals surface area (Å²) < 4.78 is 8.69. The molecule has 1 heterocycles. The highest BCUT2D eigenvalue weighted by Crippen LogP contribution is 2.28. The maximum absolute atomic E-state index is 11.4. The fourth-order valence-electron chi connectivity index (χ4n) is 1.14. The van der Waals surface area contributed by atoms with Gasteiger partial charge in [-0.25, -0.2) is 9.59 Å². The number of aryl methyl sites for hydroxylation is 1. The van der Waals surface area contributed by atoms with E-state index in [-0.39, 0.29) is 17.2 Å². The molecule has 1 N–H and O–H groups in total. The molecule has 1 rings (SSSR count). The van der Waals surface area contributed by atoms with E-state index in [1.807, 2.05) is 0 Å². The number of amides is 1. The SMILES string of the molecule is CCOC(=O)N(C)c1snc(C)c1C(=O)O. The first kappa shape index (κ1) is 12.4. The zero-order valence-corrected chi connectivity index (χ0v) is 10.00. The minimum atomic E-state index is -1.10. The van der Waals surface area contributed by atoms with Crippen molar-refractivity contribution in [3.63, 3.8) is 0 Å². The summed E-state index contributed by atoms with van der Waals surface area (Å²) in [4.78, 5) is 23.5. The van der Waals surface area contributed by atoms with Crippen LogP contribution in [0.3, 0.4) is 0 Å². The first-order valence-corrected chi connectivity index (χ1v) is 5.36. The summed E-state index contributed by atoms with van der Waals surface area (Å²) in [6, 6.07) is 0. The summed E-state index contributed by atoms with van der Waals surface area (Å²) in [5.41, 5.74) is 0.434. The molecule has 0 atom stereocenters. The van der Waals surface area contributed by atoms with Gasteiger partial charge in [-0.15, -0.1) is 0 Å². The molecule has 0 aliphatic rings. The Bertz CT molecular complexity index is 416. The average Bonchev–Trinajstić information content (AvgIpc) is 2.59. The summed E-state index contributed by atoms with van der Waals surface area (Å²) in [7, 11) is 1.46. The van der Waals surface area contributed by atoms with Gasteiger partial charge in [0.25, 0.3) is 0 Å². The smallest absolute Gasteiger partial charge is 0.414 e. The molecule has 0 aromatic carbocycles. The molecular weight excluding hydrogens is 232 g/mol. The topological polar surface area (TPSA) is 79.7 Å². The van der Waals surface area contributed by atoms with E-state index in [9.17, 15) is 9.59 Å². The molecular formula is C9H12N2O4S. The van der Waals surface area contributed by atoms with Crippen LogP contribution in [-0.2, 0) is 4.74 Å². The van der Waals surface area contributed by atoms with E-state index in [1.54, 1.807) is 13.8 Å². The van der Waals surface area contributed by atoms with Crippen LogP contribution in [0, 0.1) is 6.92 Å². The maximum atomic E-state index is 11.4. The number of carboxylic acid groups (broad SMARTS) is 1. The van der Waals surface area contributed by atoms with Crippen LogP contribution in [0.1, 0.15) is 23.0 Å². The largest absolute Gasteiger partial charge is 0.478 e. The number of hydrogen-bond acceptors (Lipinski definition) is 5. The van der Waals surface area contributed by atoms with E-state index in [0.29, 0.717) is 5.69 Å². The van der Waals surface area contributed by atoms with E-state index < -0.39 is 12.1 Å². The minimum Gasteiger partial charge on any atom is -0.478 e. The Hall–Kier alpha value is -1.63. The van der Waals surface area contributed by atoms with Crippen molar-refractivity contribution in [3.8, 4) is 0 Å². The summed E-state index contributed by atoms with van der Waals surface area (Å²) in [5, 5.41) is 9.26. The molecule has 0 aliphatic heterocycles. The van der Waals surface area contributed by atoms with Gasteiger partial charge < -0.3 is 9.84 Å². The molecule has 0 radical (unpaired) electrons. The van der Waals surface area contributed by atoms with Crippen molar-refractivity contribution in [3.05, 3.63) is 11.3 Å². The lowest BCUT2D eigenvalue weighted by Crippen LogP contribution is -2.27. The lowest BCUT2D eigenvalue weighted by molar-refractivity contribution is 0.0697. The number of hydrogen-bond donors (Lipinski definition) is 1. The number of anilines is 1. The predicted molar refractivity (Wildman–Crippen MR) is 59.2 cm³/mol. The Morgan fingerprint density at radius 1 is 1.56 bits per heavy atom. The fourth-order valence-corrected chi connectivity index (χ4v) is 1.97. The van der Waals surface area contributed by atoms with Gasteiger partial charge in [0.15, 0.2) is 0 Å². The Morgan fingerprint density at radius 3 is 2.69 bits per heavy atom. The summed E-state index contributed by atoms with van der Waals surface area (Å²) in [5.74, 6) is -1.10. The highest BCUT2D eigenvalue weighted by molar-refractivity contribution is 7.11. The van der Waals surface area contributed by atoms with Crippen LogP contribution in [0.2, 0.25) is 0 Å². The minimum absolute atomic E-state index is 0.0422. The molecule has 0 fully saturated rings. The molecule has 7 heteroatoms. The van der Waals surface area contributed by atoms with Crippen LogP contribution in [0.5, 0.6) is 0 Å².